The van der Waals surface area contributed by atoms with Crippen LogP contribution in [0.25, 0.3) is 10.9 Å². The van der Waals surface area contributed by atoms with Gasteiger partial charge in [-0.25, -0.2) is 0 Å². The predicted octanol–water partition coefficient (Wildman–Crippen LogP) is 5.09. The minimum Gasteiger partial charge on any atom is -0.497 e. The second-order valence-electron chi connectivity index (χ2n) is 9.62. The van der Waals surface area contributed by atoms with Gasteiger partial charge < -0.3 is 24.3 Å². The number of hydrogen-bond acceptors (Lipinski definition) is 6. The van der Waals surface area contributed by atoms with E-state index >= 15 is 0 Å². The minimum absolute atomic E-state index is 0.104. The normalized spacial score (nSPS) is 19.6. The average molecular weight is 481 g/mol. The van der Waals surface area contributed by atoms with E-state index in [-0.39, 0.29) is 12.3 Å². The summed E-state index contributed by atoms with van der Waals surface area (Å²) in [5, 5.41) is 21.5. The molecule has 188 valence electrons. The van der Waals surface area contributed by atoms with E-state index in [1.54, 1.807) is 19.6 Å². The van der Waals surface area contributed by atoms with Gasteiger partial charge in [0.05, 0.1) is 25.0 Å². The number of aliphatic carboxylic acids is 1. The van der Waals surface area contributed by atoms with Crippen molar-refractivity contribution >= 4 is 16.9 Å². The Kier molecular flexibility index (Phi) is 8.77. The van der Waals surface area contributed by atoms with Crippen LogP contribution in [0.15, 0.2) is 53.3 Å². The number of aromatic nitrogens is 1. The van der Waals surface area contributed by atoms with E-state index in [1.807, 2.05) is 36.4 Å². The first-order chi connectivity index (χ1) is 17.0. The van der Waals surface area contributed by atoms with Gasteiger partial charge in [0.25, 0.3) is 0 Å². The van der Waals surface area contributed by atoms with E-state index in [9.17, 15) is 15.0 Å². The Morgan fingerprint density at radius 3 is 2.91 bits per heavy atom. The zero-order valence-electron chi connectivity index (χ0n) is 20.4. The van der Waals surface area contributed by atoms with Crippen LogP contribution in [0.2, 0.25) is 0 Å². The molecule has 4 rings (SSSR count). The second kappa shape index (κ2) is 12.2. The highest BCUT2D eigenvalue weighted by atomic mass is 16.5. The molecule has 2 aromatic heterocycles. The predicted molar refractivity (Wildman–Crippen MR) is 134 cm³/mol. The van der Waals surface area contributed by atoms with Crippen molar-refractivity contribution in [2.24, 2.45) is 11.8 Å². The fourth-order valence-corrected chi connectivity index (χ4v) is 5.38. The first-order valence-corrected chi connectivity index (χ1v) is 12.6. The Morgan fingerprint density at radius 2 is 2.14 bits per heavy atom. The van der Waals surface area contributed by atoms with Crippen LogP contribution in [0.4, 0.5) is 0 Å². The molecule has 1 aliphatic heterocycles. The molecule has 7 heteroatoms. The van der Waals surface area contributed by atoms with Gasteiger partial charge in [0.2, 0.25) is 0 Å². The van der Waals surface area contributed by atoms with Crippen LogP contribution in [0, 0.1) is 11.8 Å². The number of furan rings is 1. The van der Waals surface area contributed by atoms with Crippen molar-refractivity contribution in [3.63, 3.8) is 0 Å². The number of fused-ring (bicyclic) bond motifs is 1. The number of aliphatic hydroxyl groups excluding tert-OH is 1. The van der Waals surface area contributed by atoms with Crippen molar-refractivity contribution in [3.8, 4) is 5.75 Å². The molecule has 3 atom stereocenters. The number of carbonyl (C=O) groups is 1. The second-order valence-corrected chi connectivity index (χ2v) is 9.62. The van der Waals surface area contributed by atoms with Crippen molar-refractivity contribution in [2.75, 3.05) is 26.7 Å². The van der Waals surface area contributed by atoms with Gasteiger partial charge in [0.1, 0.15) is 11.5 Å². The number of rotatable bonds is 12. The lowest BCUT2D eigenvalue weighted by molar-refractivity contribution is -0.139. The zero-order valence-corrected chi connectivity index (χ0v) is 20.4. The van der Waals surface area contributed by atoms with Gasteiger partial charge in [-0.15, -0.1) is 0 Å². The number of piperidine rings is 1. The van der Waals surface area contributed by atoms with E-state index in [1.165, 1.54) is 0 Å². The van der Waals surface area contributed by atoms with Crippen LogP contribution in [-0.4, -0.2) is 52.8 Å². The standard InChI is InChI=1S/C28H36N2O5/c1-34-23-8-9-26-25(18-23)24(11-13-29-26)27(31)10-7-20-12-15-30(19-21(20)17-28(32)33)14-3-2-5-22-6-4-16-35-22/h4,6,8-9,11,13,16,18,20-21,27,31H,2-3,5,7,10,12,14-15,17,19H2,1H3,(H,32,33)/t20-,21+,27?/m1/s1. The number of aliphatic hydroxyl groups is 1. The molecule has 3 aromatic rings. The Balaban J connectivity index is 1.32. The number of carboxylic acids is 1. The number of methoxy groups -OCH3 is 1. The molecular weight excluding hydrogens is 444 g/mol. The molecule has 1 unspecified atom stereocenters. The molecule has 0 aliphatic carbocycles. The number of carboxylic acid groups (broad SMARTS) is 1. The average Bonchev–Trinajstić information content (AvgIpc) is 3.38. The van der Waals surface area contributed by atoms with E-state index in [4.69, 9.17) is 9.15 Å². The molecular formula is C28H36N2O5. The Labute approximate surface area is 206 Å². The summed E-state index contributed by atoms with van der Waals surface area (Å²) in [6.07, 6.45) is 8.43. The SMILES string of the molecule is COc1ccc2nccc(C(O)CC[C@@H]3CCN(CCCCc4ccco4)C[C@@H]3CC(=O)O)c2c1. The highest BCUT2D eigenvalue weighted by molar-refractivity contribution is 5.83. The number of hydrogen-bond donors (Lipinski definition) is 2. The minimum atomic E-state index is -0.743. The lowest BCUT2D eigenvalue weighted by Gasteiger charge is -2.38. The molecule has 3 heterocycles. The van der Waals surface area contributed by atoms with Crippen LogP contribution >= 0.6 is 0 Å². The summed E-state index contributed by atoms with van der Waals surface area (Å²) in [5.74, 6) is 1.41. The molecule has 1 aromatic carbocycles. The molecule has 1 aliphatic rings. The fourth-order valence-electron chi connectivity index (χ4n) is 5.38. The van der Waals surface area contributed by atoms with E-state index in [2.05, 4.69) is 9.88 Å². The molecule has 2 N–H and O–H groups in total. The maximum Gasteiger partial charge on any atom is 0.303 e. The summed E-state index contributed by atoms with van der Waals surface area (Å²) in [6, 6.07) is 11.5. The maximum absolute atomic E-state index is 11.6. The monoisotopic (exact) mass is 480 g/mol. The molecule has 7 nitrogen and oxygen atoms in total. The van der Waals surface area contributed by atoms with Gasteiger partial charge in [-0.05, 0) is 99.0 Å². The third-order valence-electron chi connectivity index (χ3n) is 7.29. The van der Waals surface area contributed by atoms with Crippen LogP contribution in [0.5, 0.6) is 5.75 Å². The summed E-state index contributed by atoms with van der Waals surface area (Å²) >= 11 is 0. The largest absolute Gasteiger partial charge is 0.497 e. The smallest absolute Gasteiger partial charge is 0.303 e. The number of unbranched alkanes of at least 4 members (excludes halogenated alkanes) is 1. The molecule has 1 saturated heterocycles. The highest BCUT2D eigenvalue weighted by Crippen LogP contribution is 2.34. The zero-order chi connectivity index (χ0) is 24.6. The van der Waals surface area contributed by atoms with Crippen LogP contribution in [-0.2, 0) is 11.2 Å². The quantitative estimate of drug-likeness (QED) is 0.349. The summed E-state index contributed by atoms with van der Waals surface area (Å²) in [7, 11) is 1.63. The van der Waals surface area contributed by atoms with Crippen molar-refractivity contribution in [1.82, 2.24) is 9.88 Å². The molecule has 0 bridgehead atoms. The molecule has 0 amide bonds. The van der Waals surface area contributed by atoms with Gasteiger partial charge in [-0.2, -0.15) is 0 Å². The lowest BCUT2D eigenvalue weighted by Crippen LogP contribution is -2.41. The Hall–Kier alpha value is -2.90. The van der Waals surface area contributed by atoms with Gasteiger partial charge in [0.15, 0.2) is 0 Å². The van der Waals surface area contributed by atoms with Gasteiger partial charge >= 0.3 is 5.97 Å². The van der Waals surface area contributed by atoms with Gasteiger partial charge in [0, 0.05) is 31.0 Å². The van der Waals surface area contributed by atoms with Crippen molar-refractivity contribution < 1.29 is 24.2 Å². The summed E-state index contributed by atoms with van der Waals surface area (Å²) in [6.45, 7) is 2.77. The molecule has 0 radical (unpaired) electrons. The number of benzene rings is 1. The van der Waals surface area contributed by atoms with Crippen LogP contribution in [0.1, 0.15) is 56.0 Å². The Morgan fingerprint density at radius 1 is 1.26 bits per heavy atom. The van der Waals surface area contributed by atoms with Gasteiger partial charge in [-0.3, -0.25) is 9.78 Å². The number of pyridine rings is 1. The summed E-state index contributed by atoms with van der Waals surface area (Å²) < 4.78 is 10.8. The van der Waals surface area contributed by atoms with E-state index in [0.29, 0.717) is 12.3 Å². The molecule has 1 fully saturated rings. The van der Waals surface area contributed by atoms with Crippen LogP contribution in [0.3, 0.4) is 0 Å². The summed E-state index contributed by atoms with van der Waals surface area (Å²) in [5.41, 5.74) is 1.67. The number of ether oxygens (including phenoxy) is 1. The Bertz CT molecular complexity index is 1080. The summed E-state index contributed by atoms with van der Waals surface area (Å²) in [4.78, 5) is 18.4. The van der Waals surface area contributed by atoms with Crippen molar-refractivity contribution in [3.05, 3.63) is 60.2 Å². The number of aryl methyl sites for hydroxylation is 1. The lowest BCUT2D eigenvalue weighted by atomic mass is 9.79. The highest BCUT2D eigenvalue weighted by Gasteiger charge is 2.31. The number of likely N-dealkylation sites (tertiary alicyclic amines) is 1. The first kappa shape index (κ1) is 25.2. The molecule has 35 heavy (non-hydrogen) atoms. The fraction of sp³-hybridized carbons (Fsp3) is 0.500. The van der Waals surface area contributed by atoms with Crippen LogP contribution < -0.4 is 4.74 Å². The third-order valence-corrected chi connectivity index (χ3v) is 7.29. The first-order valence-electron chi connectivity index (χ1n) is 12.6. The maximum atomic E-state index is 11.6. The van der Waals surface area contributed by atoms with Crippen molar-refractivity contribution in [1.29, 1.82) is 0 Å². The third kappa shape index (κ3) is 6.83. The molecule has 0 saturated carbocycles. The van der Waals surface area contributed by atoms with E-state index < -0.39 is 12.1 Å². The number of nitrogens with zero attached hydrogens (tertiary/aromatic N) is 2. The topological polar surface area (TPSA) is 96.0 Å². The van der Waals surface area contributed by atoms with E-state index in [0.717, 1.165) is 79.7 Å². The van der Waals surface area contributed by atoms with Crippen molar-refractivity contribution in [2.45, 2.75) is 51.0 Å². The molecule has 0 spiro atoms. The van der Waals surface area contributed by atoms with Gasteiger partial charge in [-0.1, -0.05) is 0 Å².